The van der Waals surface area contributed by atoms with Crippen molar-refractivity contribution in [2.45, 2.75) is 59.7 Å². The molecule has 1 aromatic carbocycles. The van der Waals surface area contributed by atoms with Crippen molar-refractivity contribution in [2.75, 3.05) is 22.9 Å². The van der Waals surface area contributed by atoms with E-state index in [0.29, 0.717) is 16.9 Å². The number of pyridine rings is 1. The maximum Gasteiger partial charge on any atom is 0.174 e. The summed E-state index contributed by atoms with van der Waals surface area (Å²) in [6, 6.07) is 14.7. The van der Waals surface area contributed by atoms with E-state index >= 15 is 0 Å². The molecule has 0 spiro atoms. The van der Waals surface area contributed by atoms with Gasteiger partial charge in [-0.15, -0.1) is 0 Å². The van der Waals surface area contributed by atoms with Crippen LogP contribution in [0.5, 0.6) is 0 Å². The first-order valence-corrected chi connectivity index (χ1v) is 13.8. The Morgan fingerprint density at radius 3 is 2.44 bits per heavy atom. The number of halogens is 1. The van der Waals surface area contributed by atoms with Gasteiger partial charge in [-0.2, -0.15) is 0 Å². The summed E-state index contributed by atoms with van der Waals surface area (Å²) in [5, 5.41) is 5.05. The Kier molecular flexibility index (Phi) is 7.01. The largest absolute Gasteiger partial charge is 0.370 e. The van der Waals surface area contributed by atoms with Crippen molar-refractivity contribution in [3.05, 3.63) is 76.3 Å². The van der Waals surface area contributed by atoms with Crippen LogP contribution in [0.2, 0.25) is 5.02 Å². The number of hydrogen-bond acceptors (Lipinski definition) is 3. The Bertz CT molecular complexity index is 1250. The Morgan fingerprint density at radius 1 is 1.08 bits per heavy atom. The van der Waals surface area contributed by atoms with E-state index in [1.807, 2.05) is 18.3 Å². The van der Waals surface area contributed by atoms with E-state index in [4.69, 9.17) is 28.8 Å². The summed E-state index contributed by atoms with van der Waals surface area (Å²) in [6.07, 6.45) is 3.12. The van der Waals surface area contributed by atoms with Gasteiger partial charge in [0, 0.05) is 42.9 Å². The molecule has 2 aromatic heterocycles. The van der Waals surface area contributed by atoms with Crippen molar-refractivity contribution < 1.29 is 0 Å². The molecule has 1 N–H and O–H groups in total. The average Bonchev–Trinajstić information content (AvgIpc) is 3.33. The minimum atomic E-state index is -0.0632. The molecule has 5 rings (SSSR count). The molecular weight excluding hydrogens is 486 g/mol. The first-order chi connectivity index (χ1) is 17.3. The number of aromatic nitrogens is 2. The predicted octanol–water partition coefficient (Wildman–Crippen LogP) is 6.83. The molecule has 3 aromatic rings. The van der Waals surface area contributed by atoms with Crippen LogP contribution in [0.15, 0.2) is 48.7 Å². The van der Waals surface area contributed by atoms with Crippen LogP contribution in [0, 0.1) is 25.7 Å². The van der Waals surface area contributed by atoms with E-state index in [2.05, 4.69) is 84.6 Å². The third-order valence-electron chi connectivity index (χ3n) is 7.76. The zero-order valence-electron chi connectivity index (χ0n) is 21.8. The lowest BCUT2D eigenvalue weighted by Gasteiger charge is -2.37. The number of aryl methyl sites for hydroxylation is 1. The molecule has 2 fully saturated rings. The molecule has 0 saturated carbocycles. The second-order valence-corrected chi connectivity index (χ2v) is 11.3. The Morgan fingerprint density at radius 2 is 1.83 bits per heavy atom. The molecule has 0 bridgehead atoms. The van der Waals surface area contributed by atoms with Crippen LogP contribution < -0.4 is 15.1 Å². The van der Waals surface area contributed by atoms with Gasteiger partial charge in [0.25, 0.3) is 0 Å². The highest BCUT2D eigenvalue weighted by Crippen LogP contribution is 2.45. The topological polar surface area (TPSA) is 36.3 Å². The van der Waals surface area contributed by atoms with Crippen molar-refractivity contribution in [1.82, 2.24) is 14.9 Å². The van der Waals surface area contributed by atoms with E-state index in [1.54, 1.807) is 0 Å². The molecule has 190 valence electrons. The summed E-state index contributed by atoms with van der Waals surface area (Å²) in [5.74, 6) is 1.33. The number of nitrogens with zero attached hydrogens (tertiary/aromatic N) is 4. The summed E-state index contributed by atoms with van der Waals surface area (Å²) in [6.45, 7) is 14.2. The fourth-order valence-electron chi connectivity index (χ4n) is 6.32. The standard InChI is InChI=1S/C29H36ClN5S/c1-6-34-20(4)14-23(21(34)5)28-27(25-9-7-8-12-31-25)32-29(36)35(28)22-10-11-26(24(30)15-22)33-16-18(2)13-19(3)17-33/h7-12,14-15,18-19,27-28H,6,13,16-17H2,1-5H3,(H,32,36)/t18-,19+,27-,28-/m0/s1. The molecule has 36 heavy (non-hydrogen) atoms. The highest BCUT2D eigenvalue weighted by molar-refractivity contribution is 7.80. The summed E-state index contributed by atoms with van der Waals surface area (Å²) < 4.78 is 2.36. The fraction of sp³-hybridized carbons (Fsp3) is 0.448. The maximum atomic E-state index is 6.97. The van der Waals surface area contributed by atoms with Gasteiger partial charge in [-0.05, 0) is 93.2 Å². The third kappa shape index (κ3) is 4.50. The van der Waals surface area contributed by atoms with Gasteiger partial charge in [-0.25, -0.2) is 0 Å². The minimum absolute atomic E-state index is 0.0316. The second-order valence-electron chi connectivity index (χ2n) is 10.6. The van der Waals surface area contributed by atoms with Crippen LogP contribution in [-0.2, 0) is 6.54 Å². The van der Waals surface area contributed by atoms with Crippen LogP contribution in [0.1, 0.15) is 61.9 Å². The van der Waals surface area contributed by atoms with Crippen LogP contribution in [-0.4, -0.2) is 27.8 Å². The van der Waals surface area contributed by atoms with Gasteiger partial charge < -0.3 is 19.7 Å². The molecule has 0 unspecified atom stereocenters. The molecule has 0 aliphatic carbocycles. The van der Waals surface area contributed by atoms with Crippen LogP contribution in [0.4, 0.5) is 11.4 Å². The lowest BCUT2D eigenvalue weighted by molar-refractivity contribution is 0.357. The summed E-state index contributed by atoms with van der Waals surface area (Å²) in [4.78, 5) is 9.37. The molecule has 0 amide bonds. The SMILES string of the molecule is CCn1c(C)cc([C@H]2[C@H](c3ccccn3)NC(=S)N2c2ccc(N3C[C@H](C)C[C@H](C)C3)c(Cl)c2)c1C. The number of anilines is 2. The Balaban J connectivity index is 1.57. The number of nitrogens with one attached hydrogen (secondary N) is 1. The molecule has 7 heteroatoms. The molecule has 2 saturated heterocycles. The highest BCUT2D eigenvalue weighted by atomic mass is 35.5. The molecule has 4 atom stereocenters. The van der Waals surface area contributed by atoms with Gasteiger partial charge in [0.1, 0.15) is 0 Å². The molecule has 4 heterocycles. The number of rotatable bonds is 5. The minimum Gasteiger partial charge on any atom is -0.370 e. The Hall–Kier alpha value is -2.57. The van der Waals surface area contributed by atoms with E-state index in [0.717, 1.165) is 41.7 Å². The third-order valence-corrected chi connectivity index (χ3v) is 8.38. The zero-order valence-corrected chi connectivity index (χ0v) is 23.4. The van der Waals surface area contributed by atoms with Gasteiger partial charge >= 0.3 is 0 Å². The number of hydrogen-bond donors (Lipinski definition) is 1. The van der Waals surface area contributed by atoms with Crippen molar-refractivity contribution in [1.29, 1.82) is 0 Å². The molecule has 5 nitrogen and oxygen atoms in total. The first kappa shape index (κ1) is 25.1. The molecular formula is C29H36ClN5S. The lowest BCUT2D eigenvalue weighted by Crippen LogP contribution is -2.38. The van der Waals surface area contributed by atoms with E-state index < -0.39 is 0 Å². The van der Waals surface area contributed by atoms with Crippen molar-refractivity contribution in [3.63, 3.8) is 0 Å². The van der Waals surface area contributed by atoms with Crippen molar-refractivity contribution in [2.24, 2.45) is 11.8 Å². The van der Waals surface area contributed by atoms with E-state index in [1.165, 1.54) is 23.4 Å². The predicted molar refractivity (Wildman–Crippen MR) is 154 cm³/mol. The molecule has 2 aliphatic rings. The lowest BCUT2D eigenvalue weighted by atomic mass is 9.91. The number of benzene rings is 1. The number of thiocarbonyl (C=S) groups is 1. The number of piperidine rings is 1. The van der Waals surface area contributed by atoms with Crippen molar-refractivity contribution in [3.8, 4) is 0 Å². The summed E-state index contributed by atoms with van der Waals surface area (Å²) >= 11 is 12.9. The smallest absolute Gasteiger partial charge is 0.174 e. The normalized spacial score (nSPS) is 24.3. The highest BCUT2D eigenvalue weighted by Gasteiger charge is 2.42. The molecule has 2 aliphatic heterocycles. The van der Waals surface area contributed by atoms with Gasteiger partial charge in [-0.1, -0.05) is 31.5 Å². The summed E-state index contributed by atoms with van der Waals surface area (Å²) in [5.41, 5.74) is 6.87. The van der Waals surface area contributed by atoms with Gasteiger partial charge in [0.2, 0.25) is 0 Å². The first-order valence-electron chi connectivity index (χ1n) is 13.0. The van der Waals surface area contributed by atoms with Crippen LogP contribution in [0.3, 0.4) is 0 Å². The molecule has 0 radical (unpaired) electrons. The van der Waals surface area contributed by atoms with Gasteiger partial charge in [0.05, 0.1) is 28.5 Å². The van der Waals surface area contributed by atoms with E-state index in [9.17, 15) is 0 Å². The van der Waals surface area contributed by atoms with Gasteiger partial charge in [-0.3, -0.25) is 4.98 Å². The van der Waals surface area contributed by atoms with Crippen molar-refractivity contribution >= 4 is 40.3 Å². The van der Waals surface area contributed by atoms with Gasteiger partial charge in [0.15, 0.2) is 5.11 Å². The van der Waals surface area contributed by atoms with Crippen LogP contribution >= 0.6 is 23.8 Å². The quantitative estimate of drug-likeness (QED) is 0.372. The summed E-state index contributed by atoms with van der Waals surface area (Å²) in [7, 11) is 0. The van der Waals surface area contributed by atoms with Crippen LogP contribution in [0.25, 0.3) is 0 Å². The Labute approximate surface area is 225 Å². The monoisotopic (exact) mass is 521 g/mol. The maximum absolute atomic E-state index is 6.97. The van der Waals surface area contributed by atoms with E-state index in [-0.39, 0.29) is 12.1 Å². The second kappa shape index (κ2) is 10.1. The zero-order chi connectivity index (χ0) is 25.6. The average molecular weight is 522 g/mol. The fourth-order valence-corrected chi connectivity index (χ4v) is 6.96.